The minimum Gasteiger partial charge on any atom is -0.370 e. The molecule has 0 radical (unpaired) electrons. The molecule has 3 rings (SSSR count). The molecule has 0 unspecified atom stereocenters. The Kier molecular flexibility index (Phi) is 6.67. The Morgan fingerprint density at radius 2 is 1.88 bits per heavy atom. The van der Waals surface area contributed by atoms with Gasteiger partial charge in [-0.3, -0.25) is 9.59 Å². The summed E-state index contributed by atoms with van der Waals surface area (Å²) in [6, 6.07) is 5.31. The van der Waals surface area contributed by atoms with Crippen molar-refractivity contribution in [2.45, 2.75) is 32.1 Å². The topological polar surface area (TPSA) is 101 Å². The van der Waals surface area contributed by atoms with Crippen LogP contribution in [0.3, 0.4) is 0 Å². The number of nitrogens with two attached hydrogens (primary N) is 2. The van der Waals surface area contributed by atoms with Gasteiger partial charge in [-0.1, -0.05) is 6.42 Å². The van der Waals surface area contributed by atoms with Gasteiger partial charge in [0.1, 0.15) is 0 Å². The molecule has 0 aromatic heterocycles. The van der Waals surface area contributed by atoms with Gasteiger partial charge in [0, 0.05) is 24.6 Å². The number of hydrogen-bond acceptors (Lipinski definition) is 4. The number of nitrogens with one attached hydrogen (secondary N) is 1. The first-order chi connectivity index (χ1) is 11.6. The molecule has 1 heterocycles. The predicted molar refractivity (Wildman–Crippen MR) is 102 cm³/mol. The summed E-state index contributed by atoms with van der Waals surface area (Å²) in [5.41, 5.74) is 13.3. The second kappa shape index (κ2) is 8.54. The van der Waals surface area contributed by atoms with Gasteiger partial charge in [0.2, 0.25) is 11.8 Å². The third-order valence-electron chi connectivity index (χ3n) is 5.28. The molecule has 0 spiro atoms. The van der Waals surface area contributed by atoms with Gasteiger partial charge in [0.05, 0.1) is 11.4 Å². The van der Waals surface area contributed by atoms with E-state index >= 15 is 0 Å². The first-order valence-electron chi connectivity index (χ1n) is 8.80. The summed E-state index contributed by atoms with van der Waals surface area (Å²) >= 11 is 0. The SMILES string of the molecule is Cl.NC[C@H]1CCC[C@H]1C(=O)Nc1cc(C(N)=O)ccc1N1CCCC1. The number of amides is 2. The van der Waals surface area contributed by atoms with Crippen molar-refractivity contribution < 1.29 is 9.59 Å². The van der Waals surface area contributed by atoms with Crippen molar-refractivity contribution in [2.75, 3.05) is 29.9 Å². The molecule has 6 nitrogen and oxygen atoms in total. The van der Waals surface area contributed by atoms with Crippen molar-refractivity contribution in [2.24, 2.45) is 23.3 Å². The van der Waals surface area contributed by atoms with Crippen molar-refractivity contribution in [3.8, 4) is 0 Å². The van der Waals surface area contributed by atoms with Gasteiger partial charge in [-0.2, -0.15) is 0 Å². The van der Waals surface area contributed by atoms with Gasteiger partial charge in [0.25, 0.3) is 0 Å². The molecule has 1 saturated heterocycles. The van der Waals surface area contributed by atoms with E-state index in [1.165, 1.54) is 0 Å². The van der Waals surface area contributed by atoms with Gasteiger partial charge in [-0.15, -0.1) is 12.4 Å². The number of nitrogens with zero attached hydrogens (tertiary/aromatic N) is 1. The van der Waals surface area contributed by atoms with Gasteiger partial charge in [-0.05, 0) is 56.3 Å². The molecule has 0 bridgehead atoms. The van der Waals surface area contributed by atoms with Crippen molar-refractivity contribution in [1.82, 2.24) is 0 Å². The van der Waals surface area contributed by atoms with E-state index in [1.807, 2.05) is 6.07 Å². The Hall–Kier alpha value is -1.79. The Labute approximate surface area is 154 Å². The molecular formula is C18H27ClN4O2. The molecule has 2 aliphatic rings. The van der Waals surface area contributed by atoms with E-state index < -0.39 is 5.91 Å². The normalized spacial score (nSPS) is 22.5. The molecule has 1 saturated carbocycles. The van der Waals surface area contributed by atoms with E-state index in [0.717, 1.165) is 50.9 Å². The zero-order valence-electron chi connectivity index (χ0n) is 14.4. The lowest BCUT2D eigenvalue weighted by atomic mass is 9.95. The minimum absolute atomic E-state index is 0. The number of primary amides is 1. The van der Waals surface area contributed by atoms with Crippen LogP contribution in [0.1, 0.15) is 42.5 Å². The fourth-order valence-corrected chi connectivity index (χ4v) is 3.91. The largest absolute Gasteiger partial charge is 0.370 e. The number of hydrogen-bond donors (Lipinski definition) is 3. The highest BCUT2D eigenvalue weighted by Gasteiger charge is 2.32. The lowest BCUT2D eigenvalue weighted by Crippen LogP contribution is -2.30. The molecule has 2 atom stereocenters. The van der Waals surface area contributed by atoms with Crippen LogP contribution in [0.5, 0.6) is 0 Å². The van der Waals surface area contributed by atoms with E-state index in [0.29, 0.717) is 17.8 Å². The summed E-state index contributed by atoms with van der Waals surface area (Å²) in [6.45, 7) is 2.47. The zero-order chi connectivity index (χ0) is 17.1. The Balaban J connectivity index is 0.00000225. The molecule has 5 N–H and O–H groups in total. The van der Waals surface area contributed by atoms with Crippen LogP contribution in [0.25, 0.3) is 0 Å². The summed E-state index contributed by atoms with van der Waals surface area (Å²) in [5, 5.41) is 3.04. The Morgan fingerprint density at radius 1 is 1.16 bits per heavy atom. The maximum absolute atomic E-state index is 12.7. The van der Waals surface area contributed by atoms with Crippen LogP contribution in [-0.4, -0.2) is 31.4 Å². The molecule has 2 amide bonds. The van der Waals surface area contributed by atoms with Crippen LogP contribution in [0.2, 0.25) is 0 Å². The van der Waals surface area contributed by atoms with Crippen molar-refractivity contribution in [1.29, 1.82) is 0 Å². The second-order valence-corrected chi connectivity index (χ2v) is 6.81. The molecule has 138 valence electrons. The van der Waals surface area contributed by atoms with E-state index in [-0.39, 0.29) is 30.2 Å². The number of anilines is 2. The smallest absolute Gasteiger partial charge is 0.248 e. The molecule has 25 heavy (non-hydrogen) atoms. The highest BCUT2D eigenvalue weighted by Crippen LogP contribution is 2.34. The molecule has 1 aliphatic heterocycles. The number of halogens is 1. The van der Waals surface area contributed by atoms with Crippen LogP contribution < -0.4 is 21.7 Å². The van der Waals surface area contributed by atoms with Crippen LogP contribution in [-0.2, 0) is 4.79 Å². The average Bonchev–Trinajstić information content (AvgIpc) is 3.26. The molecule has 1 aliphatic carbocycles. The molecular weight excluding hydrogens is 340 g/mol. The third-order valence-corrected chi connectivity index (χ3v) is 5.28. The Morgan fingerprint density at radius 3 is 2.52 bits per heavy atom. The summed E-state index contributed by atoms with van der Waals surface area (Å²) in [7, 11) is 0. The van der Waals surface area contributed by atoms with Crippen LogP contribution in [0.4, 0.5) is 11.4 Å². The molecule has 7 heteroatoms. The quantitative estimate of drug-likeness (QED) is 0.742. The Bertz CT molecular complexity index is 632. The van der Waals surface area contributed by atoms with Crippen molar-refractivity contribution >= 4 is 35.6 Å². The van der Waals surface area contributed by atoms with E-state index in [9.17, 15) is 9.59 Å². The van der Waals surface area contributed by atoms with Crippen LogP contribution in [0.15, 0.2) is 18.2 Å². The fraction of sp³-hybridized carbons (Fsp3) is 0.556. The fourth-order valence-electron chi connectivity index (χ4n) is 3.91. The minimum atomic E-state index is -0.487. The summed E-state index contributed by atoms with van der Waals surface area (Å²) in [5.74, 6) is -0.276. The van der Waals surface area contributed by atoms with Crippen LogP contribution >= 0.6 is 12.4 Å². The lowest BCUT2D eigenvalue weighted by molar-refractivity contribution is -0.120. The van der Waals surface area contributed by atoms with E-state index in [4.69, 9.17) is 11.5 Å². The van der Waals surface area contributed by atoms with Crippen molar-refractivity contribution in [3.05, 3.63) is 23.8 Å². The highest BCUT2D eigenvalue weighted by molar-refractivity contribution is 6.00. The molecule has 1 aromatic carbocycles. The number of rotatable bonds is 5. The molecule has 1 aromatic rings. The number of benzene rings is 1. The second-order valence-electron chi connectivity index (χ2n) is 6.81. The van der Waals surface area contributed by atoms with Crippen molar-refractivity contribution in [3.63, 3.8) is 0 Å². The first kappa shape index (κ1) is 19.5. The van der Waals surface area contributed by atoms with E-state index in [1.54, 1.807) is 12.1 Å². The maximum atomic E-state index is 12.7. The monoisotopic (exact) mass is 366 g/mol. The highest BCUT2D eigenvalue weighted by atomic mass is 35.5. The first-order valence-corrected chi connectivity index (χ1v) is 8.80. The van der Waals surface area contributed by atoms with Gasteiger partial charge in [0.15, 0.2) is 0 Å². The summed E-state index contributed by atoms with van der Waals surface area (Å²) in [4.78, 5) is 26.5. The van der Waals surface area contributed by atoms with Gasteiger partial charge >= 0.3 is 0 Å². The summed E-state index contributed by atoms with van der Waals surface area (Å²) < 4.78 is 0. The summed E-state index contributed by atoms with van der Waals surface area (Å²) in [6.07, 6.45) is 5.21. The third kappa shape index (κ3) is 4.25. The maximum Gasteiger partial charge on any atom is 0.248 e. The van der Waals surface area contributed by atoms with Crippen LogP contribution in [0, 0.1) is 11.8 Å². The predicted octanol–water partition coefficient (Wildman–Crippen LogP) is 2.12. The van der Waals surface area contributed by atoms with E-state index in [2.05, 4.69) is 10.2 Å². The number of carbonyl (C=O) groups is 2. The zero-order valence-corrected chi connectivity index (χ0v) is 15.2. The van der Waals surface area contributed by atoms with Gasteiger partial charge < -0.3 is 21.7 Å². The lowest BCUT2D eigenvalue weighted by Gasteiger charge is -2.24. The average molecular weight is 367 g/mol. The molecule has 2 fully saturated rings. The number of carbonyl (C=O) groups excluding carboxylic acids is 2. The van der Waals surface area contributed by atoms with Gasteiger partial charge in [-0.25, -0.2) is 0 Å². The standard InChI is InChI=1S/C18H26N4O2.ClH/c19-11-13-4-3-5-14(13)18(24)21-15-10-12(17(20)23)6-7-16(15)22-8-1-2-9-22;/h6-7,10,13-14H,1-5,8-9,11,19H2,(H2,20,23)(H,21,24);1H/t13-,14-;/m1./s1.